The van der Waals surface area contributed by atoms with E-state index in [-0.39, 0.29) is 0 Å². The summed E-state index contributed by atoms with van der Waals surface area (Å²) in [4.78, 5) is 0. The van der Waals surface area contributed by atoms with E-state index in [1.165, 1.54) is 6.42 Å². The Hall–Kier alpha value is -0.0800. The van der Waals surface area contributed by atoms with E-state index in [0.29, 0.717) is 6.10 Å². The molecule has 11 heavy (non-hydrogen) atoms. The standard InChI is InChI=1S/C9H18O2/c1-7(2)11-6-9-4-8(9)5-10-3/h7-9H,4-6H2,1-3H3. The van der Waals surface area contributed by atoms with Gasteiger partial charge < -0.3 is 9.47 Å². The lowest BCUT2D eigenvalue weighted by Crippen LogP contribution is -2.07. The summed E-state index contributed by atoms with van der Waals surface area (Å²) in [6, 6.07) is 0. The highest BCUT2D eigenvalue weighted by atomic mass is 16.5. The number of hydrogen-bond acceptors (Lipinski definition) is 2. The van der Waals surface area contributed by atoms with Crippen LogP contribution in [0.5, 0.6) is 0 Å². The fraction of sp³-hybridized carbons (Fsp3) is 1.00. The molecule has 0 aromatic heterocycles. The maximum atomic E-state index is 5.49. The molecule has 66 valence electrons. The van der Waals surface area contributed by atoms with Crippen LogP contribution in [-0.4, -0.2) is 26.4 Å². The van der Waals surface area contributed by atoms with Crippen LogP contribution < -0.4 is 0 Å². The van der Waals surface area contributed by atoms with Crippen LogP contribution in [0.1, 0.15) is 20.3 Å². The van der Waals surface area contributed by atoms with Gasteiger partial charge in [0.15, 0.2) is 0 Å². The Morgan fingerprint density at radius 1 is 1.27 bits per heavy atom. The van der Waals surface area contributed by atoms with Crippen molar-refractivity contribution in [1.82, 2.24) is 0 Å². The summed E-state index contributed by atoms with van der Waals surface area (Å²) < 4.78 is 10.5. The number of methoxy groups -OCH3 is 1. The fourth-order valence-corrected chi connectivity index (χ4v) is 1.25. The fourth-order valence-electron chi connectivity index (χ4n) is 1.25. The molecule has 0 bridgehead atoms. The van der Waals surface area contributed by atoms with Crippen LogP contribution in [0.2, 0.25) is 0 Å². The second kappa shape index (κ2) is 4.07. The Morgan fingerprint density at radius 2 is 1.91 bits per heavy atom. The molecule has 2 atom stereocenters. The molecule has 0 aromatic carbocycles. The number of ether oxygens (including phenoxy) is 2. The zero-order valence-electron chi connectivity index (χ0n) is 7.67. The molecule has 2 nitrogen and oxygen atoms in total. The van der Waals surface area contributed by atoms with Gasteiger partial charge in [-0.1, -0.05) is 0 Å². The van der Waals surface area contributed by atoms with Crippen molar-refractivity contribution in [3.05, 3.63) is 0 Å². The summed E-state index contributed by atoms with van der Waals surface area (Å²) in [6.07, 6.45) is 1.67. The first-order chi connectivity index (χ1) is 5.24. The van der Waals surface area contributed by atoms with E-state index in [4.69, 9.17) is 9.47 Å². The molecular formula is C9H18O2. The molecule has 0 saturated heterocycles. The van der Waals surface area contributed by atoms with Gasteiger partial charge in [-0.3, -0.25) is 0 Å². The van der Waals surface area contributed by atoms with Crippen molar-refractivity contribution in [3.8, 4) is 0 Å². The minimum Gasteiger partial charge on any atom is -0.384 e. The van der Waals surface area contributed by atoms with E-state index in [0.717, 1.165) is 25.0 Å². The number of rotatable bonds is 5. The predicted molar refractivity (Wildman–Crippen MR) is 44.6 cm³/mol. The second-order valence-electron chi connectivity index (χ2n) is 3.59. The van der Waals surface area contributed by atoms with Crippen molar-refractivity contribution in [3.63, 3.8) is 0 Å². The quantitative estimate of drug-likeness (QED) is 0.606. The van der Waals surface area contributed by atoms with Crippen LogP contribution in [0.3, 0.4) is 0 Å². The second-order valence-corrected chi connectivity index (χ2v) is 3.59. The minimum atomic E-state index is 0.374. The van der Waals surface area contributed by atoms with E-state index < -0.39 is 0 Å². The van der Waals surface area contributed by atoms with Crippen molar-refractivity contribution < 1.29 is 9.47 Å². The van der Waals surface area contributed by atoms with Crippen molar-refractivity contribution in [1.29, 1.82) is 0 Å². The smallest absolute Gasteiger partial charge is 0.0519 e. The summed E-state index contributed by atoms with van der Waals surface area (Å²) in [7, 11) is 1.76. The molecule has 1 fully saturated rings. The van der Waals surface area contributed by atoms with Gasteiger partial charge in [-0.2, -0.15) is 0 Å². The SMILES string of the molecule is COCC1CC1COC(C)C. The van der Waals surface area contributed by atoms with Gasteiger partial charge in [0.25, 0.3) is 0 Å². The average molecular weight is 158 g/mol. The van der Waals surface area contributed by atoms with Gasteiger partial charge in [0.2, 0.25) is 0 Å². The monoisotopic (exact) mass is 158 g/mol. The van der Waals surface area contributed by atoms with E-state index >= 15 is 0 Å². The summed E-state index contributed by atoms with van der Waals surface area (Å²) in [5.41, 5.74) is 0. The normalized spacial score (nSPS) is 29.5. The van der Waals surface area contributed by atoms with Gasteiger partial charge in [-0.05, 0) is 32.1 Å². The summed E-state index contributed by atoms with van der Waals surface area (Å²) in [5, 5.41) is 0. The minimum absolute atomic E-state index is 0.374. The Labute approximate surface area is 68.9 Å². The third kappa shape index (κ3) is 3.21. The molecule has 0 N–H and O–H groups in total. The molecule has 1 aliphatic rings. The zero-order chi connectivity index (χ0) is 8.27. The van der Waals surface area contributed by atoms with Gasteiger partial charge in [0, 0.05) is 13.7 Å². The van der Waals surface area contributed by atoms with Crippen LogP contribution in [0.4, 0.5) is 0 Å². The van der Waals surface area contributed by atoms with E-state index in [9.17, 15) is 0 Å². The van der Waals surface area contributed by atoms with Gasteiger partial charge in [-0.15, -0.1) is 0 Å². The maximum absolute atomic E-state index is 5.49. The lowest BCUT2D eigenvalue weighted by Gasteiger charge is -2.05. The lowest BCUT2D eigenvalue weighted by molar-refractivity contribution is 0.0640. The van der Waals surface area contributed by atoms with Gasteiger partial charge in [-0.25, -0.2) is 0 Å². The first kappa shape index (κ1) is 9.01. The Kier molecular flexibility index (Phi) is 3.34. The maximum Gasteiger partial charge on any atom is 0.0519 e. The molecular weight excluding hydrogens is 140 g/mol. The molecule has 1 saturated carbocycles. The first-order valence-corrected chi connectivity index (χ1v) is 4.34. The van der Waals surface area contributed by atoms with Gasteiger partial charge >= 0.3 is 0 Å². The highest BCUT2D eigenvalue weighted by Crippen LogP contribution is 2.38. The zero-order valence-corrected chi connectivity index (χ0v) is 7.67. The lowest BCUT2D eigenvalue weighted by atomic mass is 10.3. The topological polar surface area (TPSA) is 18.5 Å². The van der Waals surface area contributed by atoms with Gasteiger partial charge in [0.1, 0.15) is 0 Å². The molecule has 1 rings (SSSR count). The van der Waals surface area contributed by atoms with E-state index in [1.54, 1.807) is 7.11 Å². The molecule has 0 amide bonds. The summed E-state index contributed by atoms with van der Waals surface area (Å²) in [6.45, 7) is 5.99. The summed E-state index contributed by atoms with van der Waals surface area (Å²) in [5.74, 6) is 1.55. The van der Waals surface area contributed by atoms with Crippen LogP contribution in [-0.2, 0) is 9.47 Å². The molecule has 1 aliphatic carbocycles. The van der Waals surface area contributed by atoms with E-state index in [2.05, 4.69) is 13.8 Å². The van der Waals surface area contributed by atoms with Crippen LogP contribution in [0.25, 0.3) is 0 Å². The van der Waals surface area contributed by atoms with Crippen LogP contribution in [0.15, 0.2) is 0 Å². The van der Waals surface area contributed by atoms with Crippen LogP contribution >= 0.6 is 0 Å². The molecule has 0 heterocycles. The van der Waals surface area contributed by atoms with Crippen LogP contribution in [0, 0.1) is 11.8 Å². The van der Waals surface area contributed by atoms with Crippen molar-refractivity contribution in [2.75, 3.05) is 20.3 Å². The highest BCUT2D eigenvalue weighted by Gasteiger charge is 2.36. The largest absolute Gasteiger partial charge is 0.384 e. The molecule has 2 heteroatoms. The highest BCUT2D eigenvalue weighted by molar-refractivity contribution is 4.85. The molecule has 2 unspecified atom stereocenters. The number of hydrogen-bond donors (Lipinski definition) is 0. The third-order valence-electron chi connectivity index (χ3n) is 2.09. The Bertz CT molecular complexity index is 112. The van der Waals surface area contributed by atoms with Crippen molar-refractivity contribution in [2.24, 2.45) is 11.8 Å². The van der Waals surface area contributed by atoms with Gasteiger partial charge in [0.05, 0.1) is 12.7 Å². The van der Waals surface area contributed by atoms with Crippen molar-refractivity contribution in [2.45, 2.75) is 26.4 Å². The first-order valence-electron chi connectivity index (χ1n) is 4.34. The molecule has 0 aromatic rings. The molecule has 0 aliphatic heterocycles. The average Bonchev–Trinajstić information content (AvgIpc) is 2.64. The Balaban J connectivity index is 1.95. The predicted octanol–water partition coefficient (Wildman–Crippen LogP) is 1.69. The third-order valence-corrected chi connectivity index (χ3v) is 2.09. The van der Waals surface area contributed by atoms with E-state index in [1.807, 2.05) is 0 Å². The molecule has 0 radical (unpaired) electrons. The summed E-state index contributed by atoms with van der Waals surface area (Å²) >= 11 is 0. The van der Waals surface area contributed by atoms with Crippen molar-refractivity contribution >= 4 is 0 Å². The molecule has 0 spiro atoms. The Morgan fingerprint density at radius 3 is 2.45 bits per heavy atom.